The molecule has 0 unspecified atom stereocenters. The summed E-state index contributed by atoms with van der Waals surface area (Å²) in [6.45, 7) is 1.71. The van der Waals surface area contributed by atoms with Crippen molar-refractivity contribution in [3.8, 4) is 5.75 Å². The van der Waals surface area contributed by atoms with Crippen molar-refractivity contribution in [3.63, 3.8) is 0 Å². The Balaban J connectivity index is 2.46. The summed E-state index contributed by atoms with van der Waals surface area (Å²) in [6, 6.07) is 8.56. The second kappa shape index (κ2) is 6.27. The summed E-state index contributed by atoms with van der Waals surface area (Å²) in [4.78, 5) is 11.9. The first-order valence-electron chi connectivity index (χ1n) is 6.56. The van der Waals surface area contributed by atoms with Gasteiger partial charge in [0.25, 0.3) is 16.0 Å². The zero-order valence-electron chi connectivity index (χ0n) is 12.5. The Bertz CT molecular complexity index is 862. The van der Waals surface area contributed by atoms with E-state index in [1.54, 1.807) is 19.1 Å². The maximum atomic E-state index is 12.4. The molecule has 4 N–H and O–H groups in total. The number of nitrogens with one attached hydrogen (secondary N) is 1. The van der Waals surface area contributed by atoms with Crippen molar-refractivity contribution >= 4 is 27.4 Å². The Morgan fingerprint density at radius 3 is 2.48 bits per heavy atom. The molecule has 0 aliphatic heterocycles. The summed E-state index contributed by atoms with van der Waals surface area (Å²) >= 11 is 0. The van der Waals surface area contributed by atoms with E-state index in [2.05, 4.69) is 5.32 Å². The Kier molecular flexibility index (Phi) is 4.57. The van der Waals surface area contributed by atoms with Crippen LogP contribution in [0.25, 0.3) is 0 Å². The minimum Gasteiger partial charge on any atom is -0.496 e. The van der Waals surface area contributed by atoms with Crippen molar-refractivity contribution in [2.45, 2.75) is 11.8 Å². The fourth-order valence-corrected chi connectivity index (χ4v) is 2.85. The predicted octanol–water partition coefficient (Wildman–Crippen LogP) is 2.08. The lowest BCUT2D eigenvalue weighted by Crippen LogP contribution is -2.17. The topological polar surface area (TPSA) is 119 Å². The summed E-state index contributed by atoms with van der Waals surface area (Å²) in [5, 5.41) is 2.56. The Morgan fingerprint density at radius 1 is 1.22 bits per heavy atom. The highest BCUT2D eigenvalue weighted by Gasteiger charge is 2.21. The molecule has 1 amide bonds. The number of hydrogen-bond donors (Lipinski definition) is 3. The molecule has 23 heavy (non-hydrogen) atoms. The largest absolute Gasteiger partial charge is 0.496 e. The molecular weight excluding hydrogens is 320 g/mol. The second-order valence-electron chi connectivity index (χ2n) is 4.78. The van der Waals surface area contributed by atoms with E-state index in [9.17, 15) is 17.8 Å². The van der Waals surface area contributed by atoms with Crippen molar-refractivity contribution in [2.24, 2.45) is 0 Å². The molecule has 0 aromatic heterocycles. The van der Waals surface area contributed by atoms with Gasteiger partial charge in [-0.15, -0.1) is 0 Å². The van der Waals surface area contributed by atoms with Crippen LogP contribution in [0.1, 0.15) is 15.9 Å². The van der Waals surface area contributed by atoms with Crippen molar-refractivity contribution in [1.82, 2.24) is 0 Å². The van der Waals surface area contributed by atoms with Gasteiger partial charge in [0, 0.05) is 5.56 Å². The minimum absolute atomic E-state index is 0.184. The first-order chi connectivity index (χ1) is 10.8. The smallest absolute Gasteiger partial charge is 0.295 e. The number of carbonyl (C=O) groups is 1. The molecule has 0 bridgehead atoms. The summed E-state index contributed by atoms with van der Waals surface area (Å²) < 4.78 is 37.1. The van der Waals surface area contributed by atoms with Crippen LogP contribution in [0.5, 0.6) is 5.75 Å². The highest BCUT2D eigenvalue weighted by Crippen LogP contribution is 2.31. The van der Waals surface area contributed by atoms with Gasteiger partial charge in [-0.25, -0.2) is 0 Å². The third kappa shape index (κ3) is 3.43. The number of methoxy groups -OCH3 is 1. The zero-order valence-corrected chi connectivity index (χ0v) is 13.3. The molecule has 2 aromatic rings. The van der Waals surface area contributed by atoms with Gasteiger partial charge in [0.05, 0.1) is 24.0 Å². The van der Waals surface area contributed by atoms with Crippen molar-refractivity contribution in [2.75, 3.05) is 18.2 Å². The molecule has 0 aliphatic carbocycles. The molecule has 0 saturated heterocycles. The molecule has 2 rings (SSSR count). The molecule has 7 nitrogen and oxygen atoms in total. The number of carbonyl (C=O) groups excluding carboxylic acids is 1. The fraction of sp³-hybridized carbons (Fsp3) is 0.133. The molecule has 122 valence electrons. The average Bonchev–Trinajstić information content (AvgIpc) is 2.50. The second-order valence-corrected chi connectivity index (χ2v) is 6.17. The highest BCUT2D eigenvalue weighted by molar-refractivity contribution is 7.86. The quantitative estimate of drug-likeness (QED) is 0.581. The third-order valence-electron chi connectivity index (χ3n) is 3.32. The first kappa shape index (κ1) is 16.8. The number of rotatable bonds is 4. The Labute approximate surface area is 133 Å². The Hall–Kier alpha value is -2.58. The predicted molar refractivity (Wildman–Crippen MR) is 86.4 cm³/mol. The number of nitrogens with two attached hydrogens (primary N) is 1. The standard InChI is InChI=1S/C15H16N2O5S/c1-9-12(22-2)8-7-11(16)14(9)17-15(18)10-5-3-4-6-13(10)23(19,20)21/h3-8H,16H2,1-2H3,(H,17,18)(H,19,20,21). The number of ether oxygens (including phenoxy) is 1. The normalized spacial score (nSPS) is 11.1. The Morgan fingerprint density at radius 2 is 1.87 bits per heavy atom. The maximum absolute atomic E-state index is 12.4. The molecular formula is C15H16N2O5S. The van der Waals surface area contributed by atoms with Crippen molar-refractivity contribution < 1.29 is 22.5 Å². The SMILES string of the molecule is COc1ccc(N)c(NC(=O)c2ccccc2S(=O)(=O)O)c1C. The molecule has 8 heteroatoms. The van der Waals surface area contributed by atoms with E-state index >= 15 is 0 Å². The van der Waals surface area contributed by atoms with Crippen LogP contribution in [-0.2, 0) is 10.1 Å². The van der Waals surface area contributed by atoms with E-state index in [1.165, 1.54) is 25.3 Å². The van der Waals surface area contributed by atoms with Gasteiger partial charge >= 0.3 is 0 Å². The highest BCUT2D eigenvalue weighted by atomic mass is 32.2. The van der Waals surface area contributed by atoms with Crippen LogP contribution < -0.4 is 15.8 Å². The average molecular weight is 336 g/mol. The zero-order chi connectivity index (χ0) is 17.2. The molecule has 0 atom stereocenters. The van der Waals surface area contributed by atoms with Crippen molar-refractivity contribution in [1.29, 1.82) is 0 Å². The minimum atomic E-state index is -4.52. The lowest BCUT2D eigenvalue weighted by atomic mass is 10.1. The molecule has 2 aromatic carbocycles. The van der Waals surface area contributed by atoms with Crippen LogP contribution in [0.15, 0.2) is 41.3 Å². The fourth-order valence-electron chi connectivity index (χ4n) is 2.16. The monoisotopic (exact) mass is 336 g/mol. The van der Waals surface area contributed by atoms with Crippen LogP contribution in [0, 0.1) is 6.92 Å². The number of amides is 1. The van der Waals surface area contributed by atoms with E-state index in [1.807, 2.05) is 0 Å². The van der Waals surface area contributed by atoms with Crippen LogP contribution in [0.3, 0.4) is 0 Å². The van der Waals surface area contributed by atoms with E-state index < -0.39 is 20.9 Å². The number of benzene rings is 2. The van der Waals surface area contributed by atoms with Crippen LogP contribution in [-0.4, -0.2) is 26.0 Å². The van der Waals surface area contributed by atoms with Crippen LogP contribution in [0.2, 0.25) is 0 Å². The van der Waals surface area contributed by atoms with Gasteiger partial charge in [-0.2, -0.15) is 8.42 Å². The molecule has 0 heterocycles. The van der Waals surface area contributed by atoms with Gasteiger partial charge in [-0.3, -0.25) is 9.35 Å². The van der Waals surface area contributed by atoms with Gasteiger partial charge in [0.1, 0.15) is 10.6 Å². The molecule has 0 fully saturated rings. The number of hydrogen-bond acceptors (Lipinski definition) is 5. The van der Waals surface area contributed by atoms with E-state index in [0.29, 0.717) is 22.7 Å². The van der Waals surface area contributed by atoms with Gasteiger partial charge in [-0.05, 0) is 31.2 Å². The lowest BCUT2D eigenvalue weighted by Gasteiger charge is -2.15. The molecule has 0 aliphatic rings. The number of nitrogen functional groups attached to an aromatic ring is 1. The van der Waals surface area contributed by atoms with E-state index in [-0.39, 0.29) is 5.56 Å². The molecule has 0 saturated carbocycles. The lowest BCUT2D eigenvalue weighted by molar-refractivity contribution is 0.102. The molecule has 0 radical (unpaired) electrons. The molecule has 0 spiro atoms. The van der Waals surface area contributed by atoms with Gasteiger partial charge in [0.2, 0.25) is 0 Å². The van der Waals surface area contributed by atoms with Crippen LogP contribution in [0.4, 0.5) is 11.4 Å². The third-order valence-corrected chi connectivity index (χ3v) is 4.23. The van der Waals surface area contributed by atoms with E-state index in [0.717, 1.165) is 6.07 Å². The van der Waals surface area contributed by atoms with E-state index in [4.69, 9.17) is 10.5 Å². The first-order valence-corrected chi connectivity index (χ1v) is 8.00. The van der Waals surface area contributed by atoms with Crippen molar-refractivity contribution in [3.05, 3.63) is 47.5 Å². The number of anilines is 2. The maximum Gasteiger partial charge on any atom is 0.295 e. The summed E-state index contributed by atoms with van der Waals surface area (Å²) in [6.07, 6.45) is 0. The summed E-state index contributed by atoms with van der Waals surface area (Å²) in [5.74, 6) is -0.182. The summed E-state index contributed by atoms with van der Waals surface area (Å²) in [5.41, 5.74) is 6.90. The van der Waals surface area contributed by atoms with Gasteiger partial charge in [0.15, 0.2) is 0 Å². The van der Waals surface area contributed by atoms with Crippen LogP contribution >= 0.6 is 0 Å². The summed E-state index contributed by atoms with van der Waals surface area (Å²) in [7, 11) is -3.04. The van der Waals surface area contributed by atoms with Gasteiger partial charge in [-0.1, -0.05) is 12.1 Å². The van der Waals surface area contributed by atoms with Gasteiger partial charge < -0.3 is 15.8 Å².